The summed E-state index contributed by atoms with van der Waals surface area (Å²) in [6.07, 6.45) is 2.92. The van der Waals surface area contributed by atoms with Gasteiger partial charge in [-0.2, -0.15) is 0 Å². The fourth-order valence-corrected chi connectivity index (χ4v) is 1.30. The molecule has 0 aliphatic heterocycles. The highest BCUT2D eigenvalue weighted by Crippen LogP contribution is 2.14. The van der Waals surface area contributed by atoms with Crippen LogP contribution in [0.3, 0.4) is 0 Å². The summed E-state index contributed by atoms with van der Waals surface area (Å²) in [5.74, 6) is -0.510. The molecule has 0 radical (unpaired) electrons. The number of hydrogen-bond acceptors (Lipinski definition) is 3. The second kappa shape index (κ2) is 6.36. The van der Waals surface area contributed by atoms with Crippen LogP contribution in [0, 0.1) is 0 Å². The molecule has 3 nitrogen and oxygen atoms in total. The van der Waals surface area contributed by atoms with Gasteiger partial charge in [-0.25, -0.2) is 0 Å². The summed E-state index contributed by atoms with van der Waals surface area (Å²) in [6, 6.07) is 0. The van der Waals surface area contributed by atoms with Crippen LogP contribution in [0.1, 0.15) is 54.9 Å². The number of ether oxygens (including phenoxy) is 2. The van der Waals surface area contributed by atoms with E-state index in [0.717, 1.165) is 6.42 Å². The van der Waals surface area contributed by atoms with Crippen molar-refractivity contribution < 1.29 is 9.47 Å². The fourth-order valence-electron chi connectivity index (χ4n) is 1.30. The molecular weight excluding hydrogens is 202 g/mol. The van der Waals surface area contributed by atoms with Crippen molar-refractivity contribution in [2.45, 2.75) is 72.3 Å². The Labute approximate surface area is 100 Å². The average Bonchev–Trinajstić information content (AvgIpc) is 1.98. The molecule has 3 heteroatoms. The van der Waals surface area contributed by atoms with E-state index in [9.17, 15) is 0 Å². The zero-order chi connectivity index (χ0) is 12.8. The molecule has 0 aromatic carbocycles. The van der Waals surface area contributed by atoms with Gasteiger partial charge in [0.05, 0.1) is 18.2 Å². The van der Waals surface area contributed by atoms with Crippen molar-refractivity contribution in [3.05, 3.63) is 0 Å². The molecule has 16 heavy (non-hydrogen) atoms. The Kier molecular flexibility index (Phi) is 6.19. The maximum Gasteiger partial charge on any atom is 0.163 e. The number of hydrogen-bond donors (Lipinski definition) is 0. The van der Waals surface area contributed by atoms with E-state index < -0.39 is 5.79 Å². The smallest absolute Gasteiger partial charge is 0.163 e. The molecule has 0 aliphatic rings. The molecule has 0 saturated carbocycles. The molecule has 0 aromatic rings. The third-order valence-electron chi connectivity index (χ3n) is 1.69. The minimum Gasteiger partial charge on any atom is -0.350 e. The lowest BCUT2D eigenvalue weighted by Crippen LogP contribution is -2.31. The highest BCUT2D eigenvalue weighted by Gasteiger charge is 2.19. The van der Waals surface area contributed by atoms with E-state index in [1.165, 1.54) is 0 Å². The van der Waals surface area contributed by atoms with Crippen molar-refractivity contribution in [1.82, 2.24) is 0 Å². The Balaban J connectivity index is 3.78. The first-order chi connectivity index (χ1) is 7.12. The van der Waals surface area contributed by atoms with Gasteiger partial charge in [0.25, 0.3) is 0 Å². The third-order valence-corrected chi connectivity index (χ3v) is 1.69. The molecule has 0 saturated heterocycles. The summed E-state index contributed by atoms with van der Waals surface area (Å²) in [5.41, 5.74) is 0.00392. The molecule has 0 spiro atoms. The lowest BCUT2D eigenvalue weighted by molar-refractivity contribution is -0.229. The molecule has 0 rings (SSSR count). The molecule has 0 heterocycles. The second-order valence-corrected chi connectivity index (χ2v) is 5.69. The summed E-state index contributed by atoms with van der Waals surface area (Å²) in [5, 5.41) is 0. The predicted molar refractivity (Wildman–Crippen MR) is 69.1 cm³/mol. The summed E-state index contributed by atoms with van der Waals surface area (Å²) in [6.45, 7) is 14.8. The van der Waals surface area contributed by atoms with Crippen molar-refractivity contribution in [2.75, 3.05) is 6.61 Å². The van der Waals surface area contributed by atoms with Crippen LogP contribution in [0.4, 0.5) is 0 Å². The molecule has 0 atom stereocenters. The molecule has 0 N–H and O–H groups in total. The van der Waals surface area contributed by atoms with Crippen molar-refractivity contribution in [3.63, 3.8) is 0 Å². The van der Waals surface area contributed by atoms with Gasteiger partial charge < -0.3 is 9.47 Å². The fraction of sp³-hybridized carbons (Fsp3) is 0.923. The molecule has 0 unspecified atom stereocenters. The Morgan fingerprint density at radius 1 is 1.12 bits per heavy atom. The first-order valence-corrected chi connectivity index (χ1v) is 5.98. The minimum atomic E-state index is -0.510. The van der Waals surface area contributed by atoms with Crippen LogP contribution in [0.5, 0.6) is 0 Å². The zero-order valence-electron chi connectivity index (χ0n) is 11.8. The van der Waals surface area contributed by atoms with Crippen molar-refractivity contribution in [3.8, 4) is 0 Å². The van der Waals surface area contributed by atoms with Crippen LogP contribution in [0.25, 0.3) is 0 Å². The average molecular weight is 229 g/mol. The van der Waals surface area contributed by atoms with Gasteiger partial charge in [0.1, 0.15) is 0 Å². The lowest BCUT2D eigenvalue weighted by Gasteiger charge is -2.27. The van der Waals surface area contributed by atoms with E-state index in [1.54, 1.807) is 0 Å². The Hall–Kier alpha value is -0.410. The first-order valence-electron chi connectivity index (χ1n) is 5.98. The molecule has 0 aromatic heterocycles. The Morgan fingerprint density at radius 2 is 1.69 bits per heavy atom. The molecule has 96 valence electrons. The van der Waals surface area contributed by atoms with Gasteiger partial charge in [0, 0.05) is 12.6 Å². The van der Waals surface area contributed by atoms with Crippen molar-refractivity contribution in [1.29, 1.82) is 0 Å². The van der Waals surface area contributed by atoms with Crippen LogP contribution >= 0.6 is 0 Å². The van der Waals surface area contributed by atoms with E-state index >= 15 is 0 Å². The van der Waals surface area contributed by atoms with Gasteiger partial charge in [-0.3, -0.25) is 4.99 Å². The third kappa shape index (κ3) is 10.1. The largest absolute Gasteiger partial charge is 0.350 e. The highest BCUT2D eigenvalue weighted by atomic mass is 16.7. The van der Waals surface area contributed by atoms with Crippen LogP contribution in [-0.2, 0) is 9.47 Å². The summed E-state index contributed by atoms with van der Waals surface area (Å²) in [4.78, 5) is 4.39. The molecular formula is C13H27NO2. The van der Waals surface area contributed by atoms with Gasteiger partial charge in [-0.15, -0.1) is 0 Å². The van der Waals surface area contributed by atoms with Crippen molar-refractivity contribution in [2.24, 2.45) is 4.99 Å². The topological polar surface area (TPSA) is 30.8 Å². The van der Waals surface area contributed by atoms with Gasteiger partial charge in [0.2, 0.25) is 0 Å². The quantitative estimate of drug-likeness (QED) is 0.397. The van der Waals surface area contributed by atoms with Crippen LogP contribution < -0.4 is 0 Å². The number of rotatable bonds is 6. The molecule has 0 bridgehead atoms. The Morgan fingerprint density at radius 3 is 2.12 bits per heavy atom. The van der Waals surface area contributed by atoms with Gasteiger partial charge in [0.15, 0.2) is 5.79 Å². The summed E-state index contributed by atoms with van der Waals surface area (Å²) >= 11 is 0. The standard InChI is InChI=1S/C13H27NO2/c1-11(2)16-13(6,7)15-10-8-9-14-12(3,4)5/h9,11H,8,10H2,1-7H3/b14-9+. The molecule has 0 aliphatic carbocycles. The maximum atomic E-state index is 5.64. The van der Waals surface area contributed by atoms with E-state index in [0.29, 0.717) is 6.61 Å². The summed E-state index contributed by atoms with van der Waals surface area (Å²) in [7, 11) is 0. The molecule has 0 fully saturated rings. The normalized spacial score (nSPS) is 14.0. The first kappa shape index (κ1) is 15.6. The highest BCUT2D eigenvalue weighted by molar-refractivity contribution is 5.57. The van der Waals surface area contributed by atoms with Gasteiger partial charge in [-0.05, 0) is 48.5 Å². The van der Waals surface area contributed by atoms with Gasteiger partial charge in [-0.1, -0.05) is 0 Å². The van der Waals surface area contributed by atoms with E-state index in [-0.39, 0.29) is 11.6 Å². The minimum absolute atomic E-state index is 0.00392. The lowest BCUT2D eigenvalue weighted by atomic mass is 10.1. The van der Waals surface area contributed by atoms with E-state index in [4.69, 9.17) is 9.47 Å². The predicted octanol–water partition coefficient (Wildman–Crippen LogP) is 3.42. The summed E-state index contributed by atoms with van der Waals surface area (Å²) < 4.78 is 11.3. The Bertz CT molecular complexity index is 214. The van der Waals surface area contributed by atoms with E-state index in [1.807, 2.05) is 33.9 Å². The van der Waals surface area contributed by atoms with Crippen LogP contribution in [0.2, 0.25) is 0 Å². The van der Waals surface area contributed by atoms with Gasteiger partial charge >= 0.3 is 0 Å². The monoisotopic (exact) mass is 229 g/mol. The maximum absolute atomic E-state index is 5.64. The number of nitrogens with zero attached hydrogens (tertiary/aromatic N) is 1. The number of aliphatic imine (C=N–C) groups is 1. The second-order valence-electron chi connectivity index (χ2n) is 5.69. The zero-order valence-corrected chi connectivity index (χ0v) is 11.8. The van der Waals surface area contributed by atoms with Crippen molar-refractivity contribution >= 4 is 6.21 Å². The van der Waals surface area contributed by atoms with Crippen LogP contribution in [-0.4, -0.2) is 30.3 Å². The SMILES string of the molecule is CC(C)OC(C)(C)OCC/C=N/C(C)(C)C. The van der Waals surface area contributed by atoms with E-state index in [2.05, 4.69) is 25.8 Å². The van der Waals surface area contributed by atoms with Crippen LogP contribution in [0.15, 0.2) is 4.99 Å². The molecule has 0 amide bonds.